The molecule has 6 nitrogen and oxygen atoms in total. The van der Waals surface area contributed by atoms with Gasteiger partial charge < -0.3 is 20.1 Å². The maximum atomic E-state index is 10.4. The molecule has 0 spiro atoms. The lowest BCUT2D eigenvalue weighted by molar-refractivity contribution is -0.138. The van der Waals surface area contributed by atoms with E-state index in [1.807, 2.05) is 0 Å². The Balaban J connectivity index is 3.89. The maximum Gasteiger partial charge on any atom is 0.317 e. The van der Waals surface area contributed by atoms with Crippen LogP contribution in [0.5, 0.6) is 0 Å². The highest BCUT2D eigenvalue weighted by Gasteiger charge is 2.13. The second-order valence-electron chi connectivity index (χ2n) is 2.96. The summed E-state index contributed by atoms with van der Waals surface area (Å²) in [5.74, 6) is -0.966. The summed E-state index contributed by atoms with van der Waals surface area (Å²) in [6.07, 6.45) is -0.911. The number of carboxylic acids is 1. The molecule has 0 bridgehead atoms. The molecule has 0 fully saturated rings. The second kappa shape index (κ2) is 7.69. The molecular formula is C8H17NO5. The van der Waals surface area contributed by atoms with E-state index in [1.165, 1.54) is 12.0 Å². The van der Waals surface area contributed by atoms with Crippen LogP contribution in [0.25, 0.3) is 0 Å². The van der Waals surface area contributed by atoms with Gasteiger partial charge in [0.15, 0.2) is 0 Å². The molecule has 0 aromatic carbocycles. The molecule has 0 aliphatic carbocycles. The Morgan fingerprint density at radius 2 is 2.21 bits per heavy atom. The Morgan fingerprint density at radius 3 is 2.64 bits per heavy atom. The Kier molecular flexibility index (Phi) is 7.31. The number of nitrogens with zero attached hydrogens (tertiary/aromatic N) is 1. The third-order valence-electron chi connectivity index (χ3n) is 1.65. The van der Waals surface area contributed by atoms with Gasteiger partial charge in [-0.15, -0.1) is 0 Å². The van der Waals surface area contributed by atoms with E-state index in [9.17, 15) is 4.79 Å². The third kappa shape index (κ3) is 6.79. The van der Waals surface area contributed by atoms with E-state index in [0.717, 1.165) is 0 Å². The predicted molar refractivity (Wildman–Crippen MR) is 49.0 cm³/mol. The van der Waals surface area contributed by atoms with Crippen molar-refractivity contribution in [2.45, 2.75) is 6.10 Å². The van der Waals surface area contributed by atoms with Crippen LogP contribution < -0.4 is 0 Å². The van der Waals surface area contributed by atoms with Gasteiger partial charge in [0.25, 0.3) is 0 Å². The van der Waals surface area contributed by atoms with Gasteiger partial charge in [0.05, 0.1) is 25.9 Å². The van der Waals surface area contributed by atoms with Crippen molar-refractivity contribution in [1.82, 2.24) is 4.90 Å². The molecule has 84 valence electrons. The van der Waals surface area contributed by atoms with Crippen LogP contribution in [-0.4, -0.2) is 72.3 Å². The number of aliphatic hydroxyl groups is 2. The number of methoxy groups -OCH3 is 1. The summed E-state index contributed by atoms with van der Waals surface area (Å²) in [4.78, 5) is 11.9. The molecule has 0 amide bonds. The van der Waals surface area contributed by atoms with Gasteiger partial charge in [-0.05, 0) is 0 Å². The molecule has 6 heteroatoms. The summed E-state index contributed by atoms with van der Waals surface area (Å²) in [6, 6.07) is 0. The van der Waals surface area contributed by atoms with Gasteiger partial charge in [-0.25, -0.2) is 0 Å². The van der Waals surface area contributed by atoms with E-state index in [0.29, 0.717) is 13.2 Å². The zero-order chi connectivity index (χ0) is 11.0. The maximum absolute atomic E-state index is 10.4. The summed E-state index contributed by atoms with van der Waals surface area (Å²) in [5, 5.41) is 26.2. The number of aliphatic carboxylic acids is 1. The van der Waals surface area contributed by atoms with Crippen molar-refractivity contribution in [3.63, 3.8) is 0 Å². The first kappa shape index (κ1) is 13.3. The monoisotopic (exact) mass is 207 g/mol. The number of carboxylic acid groups (broad SMARTS) is 1. The van der Waals surface area contributed by atoms with Crippen LogP contribution in [0, 0.1) is 0 Å². The van der Waals surface area contributed by atoms with Crippen molar-refractivity contribution in [2.24, 2.45) is 0 Å². The average Bonchev–Trinajstić information content (AvgIpc) is 2.13. The van der Waals surface area contributed by atoms with E-state index in [1.54, 1.807) is 0 Å². The molecule has 0 heterocycles. The van der Waals surface area contributed by atoms with Gasteiger partial charge in [0.2, 0.25) is 0 Å². The largest absolute Gasteiger partial charge is 0.480 e. The number of hydrogen-bond acceptors (Lipinski definition) is 5. The van der Waals surface area contributed by atoms with Crippen LogP contribution in [0.2, 0.25) is 0 Å². The van der Waals surface area contributed by atoms with E-state index in [-0.39, 0.29) is 19.7 Å². The van der Waals surface area contributed by atoms with E-state index in [2.05, 4.69) is 0 Å². The smallest absolute Gasteiger partial charge is 0.317 e. The molecule has 0 saturated carbocycles. The van der Waals surface area contributed by atoms with Crippen LogP contribution >= 0.6 is 0 Å². The van der Waals surface area contributed by atoms with Gasteiger partial charge in [0, 0.05) is 20.2 Å². The van der Waals surface area contributed by atoms with Crippen molar-refractivity contribution in [3.8, 4) is 0 Å². The topological polar surface area (TPSA) is 90.2 Å². The van der Waals surface area contributed by atoms with Crippen LogP contribution in [0.1, 0.15) is 0 Å². The average molecular weight is 207 g/mol. The van der Waals surface area contributed by atoms with Gasteiger partial charge in [-0.2, -0.15) is 0 Å². The minimum absolute atomic E-state index is 0.131. The van der Waals surface area contributed by atoms with Crippen LogP contribution in [0.15, 0.2) is 0 Å². The summed E-state index contributed by atoms with van der Waals surface area (Å²) < 4.78 is 4.79. The van der Waals surface area contributed by atoms with Crippen LogP contribution in [0.4, 0.5) is 0 Å². The van der Waals surface area contributed by atoms with Crippen molar-refractivity contribution in [3.05, 3.63) is 0 Å². The van der Waals surface area contributed by atoms with Crippen LogP contribution in [0.3, 0.4) is 0 Å². The van der Waals surface area contributed by atoms with Crippen molar-refractivity contribution < 1.29 is 24.9 Å². The van der Waals surface area contributed by atoms with Crippen molar-refractivity contribution in [1.29, 1.82) is 0 Å². The van der Waals surface area contributed by atoms with E-state index < -0.39 is 12.1 Å². The lowest BCUT2D eigenvalue weighted by Gasteiger charge is -2.21. The number of ether oxygens (including phenoxy) is 1. The van der Waals surface area contributed by atoms with E-state index in [4.69, 9.17) is 20.1 Å². The molecule has 1 atom stereocenters. The predicted octanol–water partition coefficient (Wildman–Crippen LogP) is -1.63. The van der Waals surface area contributed by atoms with Gasteiger partial charge >= 0.3 is 5.97 Å². The fraction of sp³-hybridized carbons (Fsp3) is 0.875. The Morgan fingerprint density at radius 1 is 1.57 bits per heavy atom. The highest BCUT2D eigenvalue weighted by atomic mass is 16.5. The summed E-state index contributed by atoms with van der Waals surface area (Å²) in [5.41, 5.74) is 0. The molecule has 0 aromatic rings. The van der Waals surface area contributed by atoms with E-state index >= 15 is 0 Å². The number of hydrogen-bond donors (Lipinski definition) is 3. The molecule has 0 aliphatic rings. The molecule has 1 unspecified atom stereocenters. The van der Waals surface area contributed by atoms with Gasteiger partial charge in [0.1, 0.15) is 0 Å². The molecule has 0 radical (unpaired) electrons. The molecule has 0 aliphatic heterocycles. The second-order valence-corrected chi connectivity index (χ2v) is 2.96. The number of aliphatic hydroxyl groups excluding tert-OH is 2. The van der Waals surface area contributed by atoms with Crippen molar-refractivity contribution in [2.75, 3.05) is 40.0 Å². The first-order chi connectivity index (χ1) is 6.60. The SMILES string of the molecule is COCCN(CC(=O)O)CC(O)CO. The third-order valence-corrected chi connectivity index (χ3v) is 1.65. The zero-order valence-electron chi connectivity index (χ0n) is 8.22. The molecule has 0 rings (SSSR count). The molecule has 3 N–H and O–H groups in total. The molecule has 0 aromatic heterocycles. The minimum Gasteiger partial charge on any atom is -0.480 e. The minimum atomic E-state index is -0.966. The fourth-order valence-electron chi connectivity index (χ4n) is 1.00. The summed E-state index contributed by atoms with van der Waals surface area (Å²) in [7, 11) is 1.52. The fourth-order valence-corrected chi connectivity index (χ4v) is 1.00. The standard InChI is InChI=1S/C8H17NO5/c1-14-3-2-9(5-8(12)13)4-7(11)6-10/h7,10-11H,2-6H2,1H3,(H,12,13). The molecular weight excluding hydrogens is 190 g/mol. The normalized spacial score (nSPS) is 13.1. The summed E-state index contributed by atoms with van der Waals surface area (Å²) in [6.45, 7) is 0.404. The molecule has 0 saturated heterocycles. The first-order valence-corrected chi connectivity index (χ1v) is 4.32. The van der Waals surface area contributed by atoms with Gasteiger partial charge in [-0.1, -0.05) is 0 Å². The molecule has 14 heavy (non-hydrogen) atoms. The Labute approximate surface area is 82.7 Å². The number of carbonyl (C=O) groups is 1. The van der Waals surface area contributed by atoms with Crippen molar-refractivity contribution >= 4 is 5.97 Å². The highest BCUT2D eigenvalue weighted by Crippen LogP contribution is 1.92. The Bertz CT molecular complexity index is 164. The quantitative estimate of drug-likeness (QED) is 0.443. The summed E-state index contributed by atoms with van der Waals surface area (Å²) >= 11 is 0. The zero-order valence-corrected chi connectivity index (χ0v) is 8.22. The lowest BCUT2D eigenvalue weighted by atomic mass is 10.3. The highest BCUT2D eigenvalue weighted by molar-refractivity contribution is 5.69. The van der Waals surface area contributed by atoms with Gasteiger partial charge in [-0.3, -0.25) is 9.69 Å². The van der Waals surface area contributed by atoms with Crippen LogP contribution in [-0.2, 0) is 9.53 Å². The number of rotatable bonds is 8. The lowest BCUT2D eigenvalue weighted by Crippen LogP contribution is -2.39. The Hall–Kier alpha value is -0.690. The first-order valence-electron chi connectivity index (χ1n) is 4.32.